The fourth-order valence-corrected chi connectivity index (χ4v) is 2.96. The van der Waals surface area contributed by atoms with Gasteiger partial charge in [0.05, 0.1) is 28.7 Å². The van der Waals surface area contributed by atoms with Gasteiger partial charge in [-0.25, -0.2) is 4.98 Å². The second-order valence-electron chi connectivity index (χ2n) is 5.28. The van der Waals surface area contributed by atoms with E-state index in [2.05, 4.69) is 10.3 Å². The second kappa shape index (κ2) is 5.14. The lowest BCUT2D eigenvalue weighted by Crippen LogP contribution is -2.32. The number of anilines is 1. The highest BCUT2D eigenvalue weighted by Crippen LogP contribution is 2.34. The number of nitrogens with one attached hydrogen (secondary N) is 1. The Kier molecular flexibility index (Phi) is 3.09. The van der Waals surface area contributed by atoms with Crippen LogP contribution in [0.3, 0.4) is 0 Å². The van der Waals surface area contributed by atoms with Crippen LogP contribution in [0.4, 0.5) is 5.95 Å². The van der Waals surface area contributed by atoms with E-state index in [4.69, 9.17) is 11.6 Å². The first kappa shape index (κ1) is 13.8. The first-order valence-corrected chi connectivity index (χ1v) is 7.44. The van der Waals surface area contributed by atoms with Crippen LogP contribution in [0.1, 0.15) is 11.6 Å². The maximum atomic E-state index is 11.3. The van der Waals surface area contributed by atoms with Crippen LogP contribution < -0.4 is 10.4 Å². The molecule has 1 aliphatic heterocycles. The fourth-order valence-electron chi connectivity index (χ4n) is 2.83. The van der Waals surface area contributed by atoms with Crippen molar-refractivity contribution >= 4 is 34.6 Å². The third kappa shape index (κ3) is 2.26. The number of para-hydroxylation sites is 2. The van der Waals surface area contributed by atoms with E-state index in [1.807, 2.05) is 41.0 Å². The van der Waals surface area contributed by atoms with E-state index in [1.54, 1.807) is 18.2 Å². The second-order valence-corrected chi connectivity index (χ2v) is 5.72. The van der Waals surface area contributed by atoms with Crippen molar-refractivity contribution in [1.29, 1.82) is 0 Å². The zero-order valence-corrected chi connectivity index (χ0v) is 12.6. The predicted octanol–water partition coefficient (Wildman–Crippen LogP) is 2.34. The number of carboxylic acids is 1. The lowest BCUT2D eigenvalue weighted by Gasteiger charge is -2.26. The molecule has 2 heterocycles. The molecule has 23 heavy (non-hydrogen) atoms. The van der Waals surface area contributed by atoms with Crippen LogP contribution in [0.15, 0.2) is 60.3 Å². The van der Waals surface area contributed by atoms with E-state index in [1.165, 1.54) is 0 Å². The number of aromatic nitrogens is 2. The van der Waals surface area contributed by atoms with Crippen LogP contribution in [-0.2, 0) is 4.79 Å². The zero-order valence-electron chi connectivity index (χ0n) is 11.9. The molecule has 3 aromatic rings. The Hall–Kier alpha value is -2.79. The molecule has 0 spiro atoms. The minimum atomic E-state index is -1.26. The number of fused-ring (bicyclic) bond motifs is 3. The third-order valence-corrected chi connectivity index (χ3v) is 4.13. The topological polar surface area (TPSA) is 70.0 Å². The highest BCUT2D eigenvalue weighted by atomic mass is 35.5. The van der Waals surface area contributed by atoms with E-state index < -0.39 is 5.97 Å². The van der Waals surface area contributed by atoms with Gasteiger partial charge < -0.3 is 15.2 Å². The summed E-state index contributed by atoms with van der Waals surface area (Å²) >= 11 is 5.95. The van der Waals surface area contributed by atoms with E-state index in [0.717, 1.165) is 16.6 Å². The molecule has 6 heteroatoms. The Balaban J connectivity index is 1.95. The minimum Gasteiger partial charge on any atom is -0.543 e. The van der Waals surface area contributed by atoms with E-state index in [9.17, 15) is 9.90 Å². The van der Waals surface area contributed by atoms with Crippen molar-refractivity contribution in [3.05, 3.63) is 70.9 Å². The van der Waals surface area contributed by atoms with Gasteiger partial charge in [-0.15, -0.1) is 0 Å². The number of carbonyl (C=O) groups excluding carboxylic acids is 1. The normalized spacial score (nSPS) is 16.6. The van der Waals surface area contributed by atoms with Gasteiger partial charge in [0.2, 0.25) is 5.95 Å². The summed E-state index contributed by atoms with van der Waals surface area (Å²) < 4.78 is 1.96. The average molecular weight is 325 g/mol. The van der Waals surface area contributed by atoms with Crippen LogP contribution in [0.5, 0.6) is 0 Å². The van der Waals surface area contributed by atoms with Crippen molar-refractivity contribution in [2.24, 2.45) is 0 Å². The molecule has 0 aliphatic carbocycles. The SMILES string of the molecule is O=C([O-])C1=CC(c2ccc(Cl)cc2)n2c(nc3ccccc32)N1. The highest BCUT2D eigenvalue weighted by Gasteiger charge is 2.24. The number of carbonyl (C=O) groups is 1. The van der Waals surface area contributed by atoms with Gasteiger partial charge >= 0.3 is 0 Å². The van der Waals surface area contributed by atoms with Crippen molar-refractivity contribution in [3.8, 4) is 0 Å². The van der Waals surface area contributed by atoms with Gasteiger partial charge in [0, 0.05) is 5.02 Å². The number of rotatable bonds is 2. The van der Waals surface area contributed by atoms with Gasteiger partial charge in [0.25, 0.3) is 0 Å². The Morgan fingerprint density at radius 2 is 1.91 bits per heavy atom. The zero-order chi connectivity index (χ0) is 16.0. The number of carboxylic acid groups (broad SMARTS) is 1. The molecule has 1 unspecified atom stereocenters. The first-order valence-electron chi connectivity index (χ1n) is 7.06. The Morgan fingerprint density at radius 3 is 2.65 bits per heavy atom. The van der Waals surface area contributed by atoms with Gasteiger partial charge in [-0.05, 0) is 35.9 Å². The summed E-state index contributed by atoms with van der Waals surface area (Å²) in [5, 5.41) is 14.8. The number of aliphatic carboxylic acids is 1. The molecular formula is C17H11ClN3O2-. The Morgan fingerprint density at radius 1 is 1.17 bits per heavy atom. The smallest absolute Gasteiger partial charge is 0.209 e. The molecule has 114 valence electrons. The number of hydrogen-bond donors (Lipinski definition) is 1. The molecule has 0 amide bonds. The molecule has 1 atom stereocenters. The molecule has 0 bridgehead atoms. The van der Waals surface area contributed by atoms with Gasteiger partial charge in [-0.1, -0.05) is 35.9 Å². The maximum absolute atomic E-state index is 11.3. The largest absolute Gasteiger partial charge is 0.543 e. The van der Waals surface area contributed by atoms with Gasteiger partial charge in [0.15, 0.2) is 0 Å². The number of benzene rings is 2. The summed E-state index contributed by atoms with van der Waals surface area (Å²) in [5.74, 6) is -0.782. The molecule has 1 aromatic heterocycles. The molecule has 5 nitrogen and oxygen atoms in total. The molecule has 2 aromatic carbocycles. The van der Waals surface area contributed by atoms with Crippen molar-refractivity contribution in [1.82, 2.24) is 9.55 Å². The standard InChI is InChI=1S/C17H12ClN3O2/c18-11-7-5-10(6-8-11)15-9-13(16(22)23)20-17-19-12-3-1-2-4-14(12)21(15)17/h1-9,15H,(H,19,20)(H,22,23)/p-1. The van der Waals surface area contributed by atoms with E-state index in [0.29, 0.717) is 11.0 Å². The van der Waals surface area contributed by atoms with Gasteiger partial charge in [-0.3, -0.25) is 4.57 Å². The number of nitrogens with zero attached hydrogens (tertiary/aromatic N) is 2. The summed E-state index contributed by atoms with van der Waals surface area (Å²) in [6.45, 7) is 0. The number of allylic oxidation sites excluding steroid dienone is 1. The van der Waals surface area contributed by atoms with Crippen LogP contribution in [0.2, 0.25) is 5.02 Å². The van der Waals surface area contributed by atoms with E-state index >= 15 is 0 Å². The third-order valence-electron chi connectivity index (χ3n) is 3.88. The minimum absolute atomic E-state index is 0.00718. The number of halogens is 1. The summed E-state index contributed by atoms with van der Waals surface area (Å²) in [4.78, 5) is 15.8. The molecule has 0 radical (unpaired) electrons. The van der Waals surface area contributed by atoms with Crippen LogP contribution in [0.25, 0.3) is 11.0 Å². The van der Waals surface area contributed by atoms with Crippen molar-refractivity contribution in [2.45, 2.75) is 6.04 Å². The average Bonchev–Trinajstić information content (AvgIpc) is 2.93. The summed E-state index contributed by atoms with van der Waals surface area (Å²) in [6, 6.07) is 14.7. The maximum Gasteiger partial charge on any atom is 0.209 e. The molecule has 0 saturated heterocycles. The highest BCUT2D eigenvalue weighted by molar-refractivity contribution is 6.30. The fraction of sp³-hybridized carbons (Fsp3) is 0.0588. The van der Waals surface area contributed by atoms with E-state index in [-0.39, 0.29) is 11.7 Å². The molecular weight excluding hydrogens is 314 g/mol. The monoisotopic (exact) mass is 324 g/mol. The molecule has 1 aliphatic rings. The number of imidazole rings is 1. The first-order chi connectivity index (χ1) is 11.1. The molecule has 4 rings (SSSR count). The quantitative estimate of drug-likeness (QED) is 0.785. The Labute approximate surface area is 136 Å². The van der Waals surface area contributed by atoms with Crippen LogP contribution >= 0.6 is 11.6 Å². The lowest BCUT2D eigenvalue weighted by molar-refractivity contribution is -0.299. The number of hydrogen-bond acceptors (Lipinski definition) is 4. The van der Waals surface area contributed by atoms with Crippen molar-refractivity contribution in [2.75, 3.05) is 5.32 Å². The van der Waals surface area contributed by atoms with Crippen molar-refractivity contribution < 1.29 is 9.90 Å². The Bertz CT molecular complexity index is 944. The summed E-state index contributed by atoms with van der Waals surface area (Å²) in [5.41, 5.74) is 2.64. The van der Waals surface area contributed by atoms with Gasteiger partial charge in [-0.2, -0.15) is 0 Å². The van der Waals surface area contributed by atoms with Crippen LogP contribution in [-0.4, -0.2) is 15.5 Å². The van der Waals surface area contributed by atoms with Crippen LogP contribution in [0, 0.1) is 0 Å². The summed E-state index contributed by atoms with van der Waals surface area (Å²) in [7, 11) is 0. The lowest BCUT2D eigenvalue weighted by atomic mass is 10.0. The van der Waals surface area contributed by atoms with Gasteiger partial charge in [0.1, 0.15) is 0 Å². The predicted molar refractivity (Wildman–Crippen MR) is 86.0 cm³/mol. The van der Waals surface area contributed by atoms with Crippen molar-refractivity contribution in [3.63, 3.8) is 0 Å². The molecule has 1 N–H and O–H groups in total. The molecule has 0 saturated carbocycles. The molecule has 0 fully saturated rings. The summed E-state index contributed by atoms with van der Waals surface area (Å²) in [6.07, 6.45) is 1.62.